The molecule has 0 bridgehead atoms. The van der Waals surface area contributed by atoms with E-state index in [0.29, 0.717) is 30.9 Å². The molecule has 1 aliphatic heterocycles. The number of carbonyl (C=O) groups excluding carboxylic acids is 2. The number of anilines is 1. The van der Waals surface area contributed by atoms with Gasteiger partial charge in [-0.05, 0) is 55.2 Å². The van der Waals surface area contributed by atoms with Gasteiger partial charge in [0.15, 0.2) is 0 Å². The number of nitrogens with zero attached hydrogens (tertiary/aromatic N) is 2. The van der Waals surface area contributed by atoms with Crippen LogP contribution in [0.4, 0.5) is 10.5 Å². The van der Waals surface area contributed by atoms with Crippen molar-refractivity contribution >= 4 is 17.7 Å². The van der Waals surface area contributed by atoms with Crippen LogP contribution >= 0.6 is 0 Å². The summed E-state index contributed by atoms with van der Waals surface area (Å²) in [4.78, 5) is 29.2. The Morgan fingerprint density at radius 3 is 2.32 bits per heavy atom. The van der Waals surface area contributed by atoms with Crippen molar-refractivity contribution in [3.63, 3.8) is 0 Å². The maximum atomic E-state index is 12.8. The number of amides is 2. The quantitative estimate of drug-likeness (QED) is 0.574. The lowest BCUT2D eigenvalue weighted by Gasteiger charge is -2.36. The van der Waals surface area contributed by atoms with Crippen LogP contribution in [0.25, 0.3) is 0 Å². The zero-order valence-corrected chi connectivity index (χ0v) is 20.8. The summed E-state index contributed by atoms with van der Waals surface area (Å²) < 4.78 is 5.28. The topological polar surface area (TPSA) is 73.9 Å². The molecule has 2 aromatic rings. The van der Waals surface area contributed by atoms with Crippen LogP contribution in [0.1, 0.15) is 55.2 Å². The first-order valence-corrected chi connectivity index (χ1v) is 12.3. The van der Waals surface area contributed by atoms with Gasteiger partial charge in [-0.25, -0.2) is 4.79 Å². The lowest BCUT2D eigenvalue weighted by Crippen LogP contribution is -2.45. The molecular weight excluding hydrogens is 428 g/mol. The van der Waals surface area contributed by atoms with Crippen molar-refractivity contribution in [2.45, 2.75) is 33.7 Å². The third-order valence-corrected chi connectivity index (χ3v) is 6.04. The fraction of sp³-hybridized carbons (Fsp3) is 0.481. The Bertz CT molecular complexity index is 935. The van der Waals surface area contributed by atoms with E-state index in [9.17, 15) is 9.59 Å². The van der Waals surface area contributed by atoms with E-state index in [1.54, 1.807) is 0 Å². The lowest BCUT2D eigenvalue weighted by molar-refractivity contribution is 0.0773. The summed E-state index contributed by atoms with van der Waals surface area (Å²) in [6, 6.07) is 15.9. The maximum absolute atomic E-state index is 12.8. The number of hydrogen-bond donors (Lipinski definition) is 2. The van der Waals surface area contributed by atoms with Crippen molar-refractivity contribution in [3.05, 3.63) is 65.2 Å². The Morgan fingerprint density at radius 1 is 1.03 bits per heavy atom. The van der Waals surface area contributed by atoms with E-state index in [0.717, 1.165) is 37.3 Å². The smallest absolute Gasteiger partial charge is 0.411 e. The highest BCUT2D eigenvalue weighted by Crippen LogP contribution is 2.31. The normalized spacial score (nSPS) is 15.1. The van der Waals surface area contributed by atoms with Gasteiger partial charge in [0.1, 0.15) is 0 Å². The molecule has 1 aliphatic rings. The van der Waals surface area contributed by atoms with Gasteiger partial charge in [0.25, 0.3) is 5.91 Å². The van der Waals surface area contributed by atoms with Gasteiger partial charge in [-0.1, -0.05) is 38.1 Å². The average Bonchev–Trinajstić information content (AvgIpc) is 2.85. The van der Waals surface area contributed by atoms with Gasteiger partial charge >= 0.3 is 6.09 Å². The van der Waals surface area contributed by atoms with Gasteiger partial charge in [0.05, 0.1) is 12.6 Å². The minimum atomic E-state index is -0.441. The number of carbonyl (C=O) groups is 2. The third kappa shape index (κ3) is 6.81. The van der Waals surface area contributed by atoms with Gasteiger partial charge in [0, 0.05) is 50.5 Å². The molecule has 0 radical (unpaired) electrons. The summed E-state index contributed by atoms with van der Waals surface area (Å²) in [5, 5.41) is 6.27. The van der Waals surface area contributed by atoms with Crippen LogP contribution in [0, 0.1) is 5.92 Å². The Kier molecular flexibility index (Phi) is 9.48. The summed E-state index contributed by atoms with van der Waals surface area (Å²) in [6.07, 6.45) is -0.441. The van der Waals surface area contributed by atoms with E-state index in [-0.39, 0.29) is 17.9 Å². The van der Waals surface area contributed by atoms with Crippen molar-refractivity contribution in [1.82, 2.24) is 15.1 Å². The molecule has 1 fully saturated rings. The van der Waals surface area contributed by atoms with Crippen LogP contribution in [-0.2, 0) is 4.74 Å². The van der Waals surface area contributed by atoms with E-state index >= 15 is 0 Å². The Morgan fingerprint density at radius 2 is 1.71 bits per heavy atom. The van der Waals surface area contributed by atoms with Crippen molar-refractivity contribution in [2.75, 3.05) is 51.2 Å². The summed E-state index contributed by atoms with van der Waals surface area (Å²) in [5.74, 6) is 0.340. The minimum absolute atomic E-state index is 0.0214. The van der Waals surface area contributed by atoms with Gasteiger partial charge in [-0.15, -0.1) is 0 Å². The molecule has 7 nitrogen and oxygen atoms in total. The molecule has 0 aliphatic carbocycles. The second-order valence-electron chi connectivity index (χ2n) is 9.03. The highest BCUT2D eigenvalue weighted by molar-refractivity contribution is 5.94. The molecule has 2 aromatic carbocycles. The first-order chi connectivity index (χ1) is 16.4. The van der Waals surface area contributed by atoms with Crippen LogP contribution < -0.4 is 10.6 Å². The summed E-state index contributed by atoms with van der Waals surface area (Å²) in [5.41, 5.74) is 3.62. The molecule has 2 amide bonds. The zero-order valence-electron chi connectivity index (χ0n) is 20.8. The Hall–Kier alpha value is -2.90. The predicted octanol–water partition coefficient (Wildman–Crippen LogP) is 4.37. The van der Waals surface area contributed by atoms with E-state index in [1.165, 1.54) is 0 Å². The van der Waals surface area contributed by atoms with Crippen molar-refractivity contribution < 1.29 is 14.3 Å². The number of benzene rings is 2. The number of ether oxygens (including phenoxy) is 1. The monoisotopic (exact) mass is 466 g/mol. The summed E-state index contributed by atoms with van der Waals surface area (Å²) in [7, 11) is 0. The maximum Gasteiger partial charge on any atom is 0.411 e. The molecule has 1 heterocycles. The molecule has 184 valence electrons. The Labute approximate surface area is 203 Å². The van der Waals surface area contributed by atoms with Crippen molar-refractivity contribution in [1.29, 1.82) is 0 Å². The number of piperazine rings is 1. The second kappa shape index (κ2) is 12.5. The largest absolute Gasteiger partial charge is 0.449 e. The van der Waals surface area contributed by atoms with Crippen molar-refractivity contribution in [2.24, 2.45) is 5.92 Å². The molecular formula is C27H38N4O3. The molecule has 3 rings (SSSR count). The van der Waals surface area contributed by atoms with Crippen LogP contribution in [0.3, 0.4) is 0 Å². The van der Waals surface area contributed by atoms with Crippen LogP contribution in [-0.4, -0.2) is 67.7 Å². The molecule has 2 N–H and O–H groups in total. The zero-order chi connectivity index (χ0) is 24.5. The highest BCUT2D eigenvalue weighted by atomic mass is 16.5. The molecule has 7 heteroatoms. The van der Waals surface area contributed by atoms with E-state index in [4.69, 9.17) is 4.74 Å². The van der Waals surface area contributed by atoms with Crippen LogP contribution in [0.2, 0.25) is 0 Å². The predicted molar refractivity (Wildman–Crippen MR) is 136 cm³/mol. The first kappa shape index (κ1) is 25.7. The number of rotatable bonds is 9. The second-order valence-corrected chi connectivity index (χ2v) is 9.03. The molecule has 0 unspecified atom stereocenters. The van der Waals surface area contributed by atoms with Gasteiger partial charge in [-0.2, -0.15) is 0 Å². The lowest BCUT2D eigenvalue weighted by atomic mass is 9.95. The van der Waals surface area contributed by atoms with Gasteiger partial charge in [0.2, 0.25) is 0 Å². The molecule has 0 aromatic heterocycles. The van der Waals surface area contributed by atoms with E-state index in [2.05, 4.69) is 33.7 Å². The fourth-order valence-corrected chi connectivity index (χ4v) is 4.24. The third-order valence-electron chi connectivity index (χ3n) is 6.04. The van der Waals surface area contributed by atoms with Gasteiger partial charge < -0.3 is 15.0 Å². The van der Waals surface area contributed by atoms with Crippen LogP contribution in [0.15, 0.2) is 48.5 Å². The highest BCUT2D eigenvalue weighted by Gasteiger charge is 2.25. The summed E-state index contributed by atoms with van der Waals surface area (Å²) >= 11 is 0. The fourth-order valence-electron chi connectivity index (χ4n) is 4.24. The van der Waals surface area contributed by atoms with Crippen molar-refractivity contribution in [3.8, 4) is 0 Å². The molecule has 1 atom stereocenters. The summed E-state index contributed by atoms with van der Waals surface area (Å²) in [6.45, 7) is 13.5. The minimum Gasteiger partial charge on any atom is -0.449 e. The van der Waals surface area contributed by atoms with Crippen LogP contribution in [0.5, 0.6) is 0 Å². The van der Waals surface area contributed by atoms with E-state index in [1.807, 2.05) is 62.9 Å². The van der Waals surface area contributed by atoms with Gasteiger partial charge in [-0.3, -0.25) is 15.0 Å². The Balaban J connectivity index is 1.86. The number of hydrogen-bond acceptors (Lipinski definition) is 5. The molecule has 1 saturated heterocycles. The van der Waals surface area contributed by atoms with E-state index < -0.39 is 6.09 Å². The average molecular weight is 467 g/mol. The first-order valence-electron chi connectivity index (χ1n) is 12.3. The molecule has 0 spiro atoms. The molecule has 0 saturated carbocycles. The standard InChI is InChI=1S/C27H38N4O3/c1-5-30(6-2)26(32)22-12-10-21(11-13-22)25(31-16-14-28-15-17-31)23-8-7-9-24(18-23)29-27(33)34-19-20(3)4/h7-13,18,20,25,28H,5-6,14-17,19H2,1-4H3,(H,29,33)/t25-/m1/s1. The number of nitrogens with one attached hydrogen (secondary N) is 2. The molecule has 34 heavy (non-hydrogen) atoms. The SMILES string of the molecule is CCN(CC)C(=O)c1ccc([C@H](c2cccc(NC(=O)OCC(C)C)c2)N2CCNCC2)cc1.